The fourth-order valence-corrected chi connectivity index (χ4v) is 2.97. The van der Waals surface area contributed by atoms with Gasteiger partial charge < -0.3 is 29.4 Å². The van der Waals surface area contributed by atoms with Crippen molar-refractivity contribution < 1.29 is 42.9 Å². The van der Waals surface area contributed by atoms with Gasteiger partial charge in [-0.3, -0.25) is 14.4 Å². The average Bonchev–Trinajstić information content (AvgIpc) is 2.89. The third-order valence-corrected chi connectivity index (χ3v) is 7.21. The molecule has 10 heteroatoms. The molecule has 0 aromatic heterocycles. The zero-order valence-electron chi connectivity index (χ0n) is 26.3. The molecule has 2 N–H and O–H groups in total. The first-order valence-corrected chi connectivity index (χ1v) is 14.3. The van der Waals surface area contributed by atoms with E-state index in [2.05, 4.69) is 0 Å². The minimum Gasteiger partial charge on any atom is -0.458 e. The topological polar surface area (TPSA) is 140 Å². The molecule has 1 aromatic carbocycles. The number of ether oxygens (including phenoxy) is 5. The fraction of sp³-hybridized carbons (Fsp3) is 0.677. The maximum Gasteiger partial charge on any atom is 0.508 e. The Kier molecular flexibility index (Phi) is 13.8. The van der Waals surface area contributed by atoms with Crippen LogP contribution in [0.15, 0.2) is 18.2 Å². The Labute approximate surface area is 244 Å². The molecule has 0 unspecified atom stereocenters. The van der Waals surface area contributed by atoms with E-state index in [9.17, 15) is 19.2 Å². The zero-order chi connectivity index (χ0) is 31.5. The molecule has 41 heavy (non-hydrogen) atoms. The lowest BCUT2D eigenvalue weighted by Crippen LogP contribution is -2.39. The lowest BCUT2D eigenvalue weighted by atomic mass is 9.90. The lowest BCUT2D eigenvalue weighted by Gasteiger charge is -2.24. The van der Waals surface area contributed by atoms with Crippen molar-refractivity contribution >= 4 is 24.1 Å². The summed E-state index contributed by atoms with van der Waals surface area (Å²) in [6.07, 6.45) is -0.512. The minimum atomic E-state index is -1.06. The second-order valence-electron chi connectivity index (χ2n) is 12.1. The van der Waals surface area contributed by atoms with Crippen LogP contribution in [0.4, 0.5) is 4.79 Å². The van der Waals surface area contributed by atoms with Crippen molar-refractivity contribution in [2.24, 2.45) is 22.5 Å². The highest BCUT2D eigenvalue weighted by molar-refractivity contribution is 5.81. The largest absolute Gasteiger partial charge is 0.508 e. The van der Waals surface area contributed by atoms with Crippen LogP contribution in [0, 0.1) is 16.7 Å². The molecular formula is C31H49NO9. The van der Waals surface area contributed by atoms with E-state index in [0.29, 0.717) is 30.7 Å². The van der Waals surface area contributed by atoms with Crippen LogP contribution in [0.3, 0.4) is 0 Å². The molecule has 3 atom stereocenters. The van der Waals surface area contributed by atoms with Crippen molar-refractivity contribution in [2.45, 2.75) is 113 Å². The third kappa shape index (κ3) is 11.7. The summed E-state index contributed by atoms with van der Waals surface area (Å²) in [5.41, 5.74) is 5.18. The van der Waals surface area contributed by atoms with Crippen LogP contribution >= 0.6 is 0 Å². The normalized spacial score (nSPS) is 14.0. The monoisotopic (exact) mass is 579 g/mol. The van der Waals surface area contributed by atoms with Gasteiger partial charge in [0.05, 0.1) is 17.4 Å². The van der Waals surface area contributed by atoms with E-state index in [1.807, 2.05) is 27.7 Å². The van der Waals surface area contributed by atoms with Crippen molar-refractivity contribution in [3.05, 3.63) is 23.8 Å². The smallest absolute Gasteiger partial charge is 0.458 e. The van der Waals surface area contributed by atoms with Gasteiger partial charge in [0.15, 0.2) is 11.5 Å². The van der Waals surface area contributed by atoms with E-state index in [1.54, 1.807) is 47.6 Å². The Morgan fingerprint density at radius 3 is 1.83 bits per heavy atom. The average molecular weight is 580 g/mol. The van der Waals surface area contributed by atoms with Gasteiger partial charge in [0.2, 0.25) is 0 Å². The van der Waals surface area contributed by atoms with Gasteiger partial charge >= 0.3 is 24.1 Å². The summed E-state index contributed by atoms with van der Waals surface area (Å²) >= 11 is 0. The van der Waals surface area contributed by atoms with Crippen LogP contribution in [0.1, 0.15) is 94.1 Å². The molecule has 0 radical (unpaired) electrons. The first-order chi connectivity index (χ1) is 18.9. The molecule has 232 valence electrons. The fourth-order valence-electron chi connectivity index (χ4n) is 2.97. The van der Waals surface area contributed by atoms with E-state index in [-0.39, 0.29) is 24.5 Å². The van der Waals surface area contributed by atoms with E-state index in [0.717, 1.165) is 0 Å². The molecule has 0 aliphatic rings. The molecule has 0 aliphatic carbocycles. The number of esters is 3. The van der Waals surface area contributed by atoms with Gasteiger partial charge in [0.1, 0.15) is 18.2 Å². The van der Waals surface area contributed by atoms with Crippen molar-refractivity contribution in [1.29, 1.82) is 0 Å². The SMILES string of the molecule is CCC(C)(C)C(=O)Oc1ccc(C[C@H](N)C(=O)O[C@@H](C)[C@H](C)OC(=O)OCCC(C)C)cc1OC(=O)C(C)(C)CC. The van der Waals surface area contributed by atoms with Crippen LogP contribution in [0.2, 0.25) is 0 Å². The number of rotatable bonds is 15. The number of carbonyl (C=O) groups is 4. The van der Waals surface area contributed by atoms with Crippen molar-refractivity contribution in [3.63, 3.8) is 0 Å². The highest BCUT2D eigenvalue weighted by atomic mass is 16.7. The quantitative estimate of drug-likeness (QED) is 0.201. The summed E-state index contributed by atoms with van der Waals surface area (Å²) in [5, 5.41) is 0. The molecular weight excluding hydrogens is 530 g/mol. The van der Waals surface area contributed by atoms with Crippen molar-refractivity contribution in [1.82, 2.24) is 0 Å². The van der Waals surface area contributed by atoms with E-state index in [1.165, 1.54) is 12.1 Å². The number of hydrogen-bond donors (Lipinski definition) is 1. The Hall–Kier alpha value is -3.14. The van der Waals surface area contributed by atoms with Crippen molar-refractivity contribution in [3.8, 4) is 11.5 Å². The summed E-state index contributed by atoms with van der Waals surface area (Å²) in [6, 6.07) is 3.62. The van der Waals surface area contributed by atoms with Crippen LogP contribution in [0.25, 0.3) is 0 Å². The Balaban J connectivity index is 2.97. The molecule has 1 rings (SSSR count). The molecule has 1 aromatic rings. The Bertz CT molecular complexity index is 1050. The number of carbonyl (C=O) groups excluding carboxylic acids is 4. The first kappa shape index (κ1) is 35.9. The molecule has 0 fully saturated rings. The van der Waals surface area contributed by atoms with Crippen molar-refractivity contribution in [2.75, 3.05) is 6.61 Å². The van der Waals surface area contributed by atoms with Gasteiger partial charge in [0.25, 0.3) is 0 Å². The maximum absolute atomic E-state index is 12.8. The molecule has 0 spiro atoms. The highest BCUT2D eigenvalue weighted by Crippen LogP contribution is 2.34. The molecule has 0 saturated heterocycles. The van der Waals surface area contributed by atoms with Gasteiger partial charge in [0, 0.05) is 0 Å². The van der Waals surface area contributed by atoms with Gasteiger partial charge in [-0.1, -0.05) is 33.8 Å². The van der Waals surface area contributed by atoms with Crippen LogP contribution < -0.4 is 15.2 Å². The highest BCUT2D eigenvalue weighted by Gasteiger charge is 2.32. The molecule has 0 amide bonds. The molecule has 0 bridgehead atoms. The van der Waals surface area contributed by atoms with Gasteiger partial charge in [-0.05, 0) is 90.8 Å². The van der Waals surface area contributed by atoms with Gasteiger partial charge in [-0.2, -0.15) is 0 Å². The first-order valence-electron chi connectivity index (χ1n) is 14.3. The number of benzene rings is 1. The number of nitrogens with two attached hydrogens (primary N) is 1. The second-order valence-corrected chi connectivity index (χ2v) is 12.1. The predicted octanol–water partition coefficient (Wildman–Crippen LogP) is 5.76. The Morgan fingerprint density at radius 2 is 1.32 bits per heavy atom. The Morgan fingerprint density at radius 1 is 0.805 bits per heavy atom. The summed E-state index contributed by atoms with van der Waals surface area (Å²) in [4.78, 5) is 50.2. The molecule has 0 aliphatic heterocycles. The molecule has 0 saturated carbocycles. The summed E-state index contributed by atoms with van der Waals surface area (Å²) in [5.74, 6) is -1.12. The van der Waals surface area contributed by atoms with E-state index < -0.39 is 53.1 Å². The van der Waals surface area contributed by atoms with Gasteiger partial charge in [-0.25, -0.2) is 4.79 Å². The minimum absolute atomic E-state index is 0.0500. The van der Waals surface area contributed by atoms with Gasteiger partial charge in [-0.15, -0.1) is 0 Å². The zero-order valence-corrected chi connectivity index (χ0v) is 26.3. The van der Waals surface area contributed by atoms with Crippen LogP contribution in [-0.4, -0.2) is 48.9 Å². The predicted molar refractivity (Wildman–Crippen MR) is 154 cm³/mol. The summed E-state index contributed by atoms with van der Waals surface area (Å²) in [7, 11) is 0. The molecule has 0 heterocycles. The van der Waals surface area contributed by atoms with E-state index in [4.69, 9.17) is 29.4 Å². The number of hydrogen-bond acceptors (Lipinski definition) is 10. The second kappa shape index (κ2) is 15.7. The van der Waals surface area contributed by atoms with Crippen LogP contribution in [0.5, 0.6) is 11.5 Å². The third-order valence-electron chi connectivity index (χ3n) is 7.21. The standard InChI is InChI=1S/C31H49NO9/c1-11-30(7,8)27(34)40-24-14-13-22(18-25(24)41-28(35)31(9,10)12-2)17-23(32)26(33)38-20(5)21(6)39-29(36)37-16-15-19(3)4/h13-14,18-21,23H,11-12,15-17,32H2,1-10H3/t20-,21-,23-/m0/s1. The molecule has 10 nitrogen and oxygen atoms in total. The van der Waals surface area contributed by atoms with Crippen LogP contribution in [-0.2, 0) is 35.0 Å². The van der Waals surface area contributed by atoms with E-state index >= 15 is 0 Å². The summed E-state index contributed by atoms with van der Waals surface area (Å²) < 4.78 is 26.9. The lowest BCUT2D eigenvalue weighted by molar-refractivity contribution is -0.155. The summed E-state index contributed by atoms with van der Waals surface area (Å²) in [6.45, 7) is 18.2. The maximum atomic E-state index is 12.8.